The van der Waals surface area contributed by atoms with Crippen LogP contribution in [0.2, 0.25) is 0 Å². The molecule has 12 N–H and O–H groups in total. The number of H-pyrrole nitrogens is 2. The molecular formula is C28H30N12O2. The number of nitrogens with two attached hydrogens (primary N) is 2. The monoisotopic (exact) mass is 566 g/mol. The Hall–Kier alpha value is -5.92. The number of hydrogen-bond acceptors (Lipinski definition) is 6. The molecule has 0 atom stereocenters. The lowest BCUT2D eigenvalue weighted by molar-refractivity contribution is 0.0946. The SMILES string of the molecule is N=C(N)NCCNC(=O)c1ccc2nc(-c3ccc(-c4nc5ccc(C(=O)NCCNC(=N)N)cc5[nH]4)cc3)[nH]c2c1. The molecule has 0 spiro atoms. The van der Waals surface area contributed by atoms with Gasteiger partial charge in [-0.1, -0.05) is 24.3 Å². The van der Waals surface area contributed by atoms with E-state index in [0.29, 0.717) is 49.0 Å². The van der Waals surface area contributed by atoms with E-state index < -0.39 is 0 Å². The van der Waals surface area contributed by atoms with Gasteiger partial charge in [0.1, 0.15) is 11.6 Å². The smallest absolute Gasteiger partial charge is 0.251 e. The number of nitrogens with one attached hydrogen (secondary N) is 8. The first-order valence-electron chi connectivity index (χ1n) is 13.1. The number of carbonyl (C=O) groups is 2. The Labute approximate surface area is 239 Å². The molecule has 0 saturated carbocycles. The van der Waals surface area contributed by atoms with Crippen LogP contribution in [0.25, 0.3) is 44.8 Å². The second kappa shape index (κ2) is 12.1. The van der Waals surface area contributed by atoms with E-state index in [-0.39, 0.29) is 23.7 Å². The van der Waals surface area contributed by atoms with Crippen LogP contribution in [0.1, 0.15) is 20.7 Å². The van der Waals surface area contributed by atoms with Crippen molar-refractivity contribution in [2.24, 2.45) is 11.5 Å². The quantitative estimate of drug-likeness (QED) is 0.0667. The summed E-state index contributed by atoms with van der Waals surface area (Å²) in [5.41, 5.74) is 16.1. The van der Waals surface area contributed by atoms with Gasteiger partial charge in [0.05, 0.1) is 22.1 Å². The number of carbonyl (C=O) groups excluding carboxylic acids is 2. The maximum atomic E-state index is 12.5. The average molecular weight is 567 g/mol. The third-order valence-corrected chi connectivity index (χ3v) is 6.37. The topological polar surface area (TPSA) is 239 Å². The minimum atomic E-state index is -0.233. The predicted octanol–water partition coefficient (Wildman–Crippen LogP) is 1.20. The van der Waals surface area contributed by atoms with Crippen LogP contribution in [0.15, 0.2) is 60.7 Å². The van der Waals surface area contributed by atoms with Crippen molar-refractivity contribution in [2.45, 2.75) is 0 Å². The summed E-state index contributed by atoms with van der Waals surface area (Å²) in [4.78, 5) is 40.8. The van der Waals surface area contributed by atoms with Crippen LogP contribution >= 0.6 is 0 Å². The van der Waals surface area contributed by atoms with Crippen molar-refractivity contribution in [2.75, 3.05) is 26.2 Å². The van der Waals surface area contributed by atoms with Crippen molar-refractivity contribution < 1.29 is 9.59 Å². The molecular weight excluding hydrogens is 536 g/mol. The summed E-state index contributed by atoms with van der Waals surface area (Å²) in [6, 6.07) is 18.2. The fraction of sp³-hybridized carbons (Fsp3) is 0.143. The van der Waals surface area contributed by atoms with Crippen molar-refractivity contribution in [3.8, 4) is 22.8 Å². The number of hydrogen-bond donors (Lipinski definition) is 10. The van der Waals surface area contributed by atoms with E-state index in [1.165, 1.54) is 0 Å². The molecule has 0 aliphatic rings. The van der Waals surface area contributed by atoms with Crippen LogP contribution in [0.3, 0.4) is 0 Å². The number of guanidine groups is 2. The number of aromatic nitrogens is 4. The van der Waals surface area contributed by atoms with E-state index >= 15 is 0 Å². The van der Waals surface area contributed by atoms with E-state index in [4.69, 9.17) is 22.3 Å². The van der Waals surface area contributed by atoms with Gasteiger partial charge in [-0.3, -0.25) is 20.4 Å². The predicted molar refractivity (Wildman–Crippen MR) is 161 cm³/mol. The molecule has 214 valence electrons. The maximum absolute atomic E-state index is 12.5. The molecule has 5 rings (SSSR count). The third-order valence-electron chi connectivity index (χ3n) is 6.37. The van der Waals surface area contributed by atoms with Gasteiger partial charge in [-0.2, -0.15) is 0 Å². The fourth-order valence-electron chi connectivity index (χ4n) is 4.31. The number of nitrogens with zero attached hydrogens (tertiary/aromatic N) is 2. The largest absolute Gasteiger partial charge is 0.370 e. The van der Waals surface area contributed by atoms with Crippen molar-refractivity contribution in [1.29, 1.82) is 10.8 Å². The Kier molecular flexibility index (Phi) is 7.95. The molecule has 5 aromatic rings. The lowest BCUT2D eigenvalue weighted by Crippen LogP contribution is -2.37. The molecule has 0 fully saturated rings. The first-order chi connectivity index (χ1) is 20.3. The maximum Gasteiger partial charge on any atom is 0.251 e. The van der Waals surface area contributed by atoms with Gasteiger partial charge in [0.25, 0.3) is 11.8 Å². The average Bonchev–Trinajstić information content (AvgIpc) is 3.61. The zero-order valence-electron chi connectivity index (χ0n) is 22.5. The van der Waals surface area contributed by atoms with Crippen molar-refractivity contribution in [3.05, 3.63) is 71.8 Å². The zero-order chi connectivity index (χ0) is 29.6. The van der Waals surface area contributed by atoms with Gasteiger partial charge in [0.2, 0.25) is 0 Å². The lowest BCUT2D eigenvalue weighted by atomic mass is 10.1. The zero-order valence-corrected chi connectivity index (χ0v) is 22.5. The molecule has 0 bridgehead atoms. The Bertz CT molecular complexity index is 1660. The molecule has 3 aromatic carbocycles. The highest BCUT2D eigenvalue weighted by molar-refractivity contribution is 5.98. The van der Waals surface area contributed by atoms with Crippen molar-refractivity contribution in [1.82, 2.24) is 41.2 Å². The van der Waals surface area contributed by atoms with Crippen LogP contribution in [0.5, 0.6) is 0 Å². The molecule has 0 unspecified atom stereocenters. The highest BCUT2D eigenvalue weighted by Crippen LogP contribution is 2.26. The molecule has 42 heavy (non-hydrogen) atoms. The number of aromatic amines is 2. The summed E-state index contributed by atoms with van der Waals surface area (Å²) in [5, 5.41) is 25.2. The number of rotatable bonds is 10. The number of benzene rings is 3. The molecule has 14 heteroatoms. The second-order valence-corrected chi connectivity index (χ2v) is 9.40. The molecule has 0 saturated heterocycles. The van der Waals surface area contributed by atoms with Gasteiger partial charge in [-0.25, -0.2) is 9.97 Å². The van der Waals surface area contributed by atoms with Gasteiger partial charge in [-0.15, -0.1) is 0 Å². The number of imidazole rings is 2. The van der Waals surface area contributed by atoms with Crippen LogP contribution < -0.4 is 32.7 Å². The van der Waals surface area contributed by atoms with Crippen LogP contribution in [0, 0.1) is 10.8 Å². The Morgan fingerprint density at radius 3 is 1.38 bits per heavy atom. The lowest BCUT2D eigenvalue weighted by Gasteiger charge is -2.06. The van der Waals surface area contributed by atoms with Crippen LogP contribution in [0.4, 0.5) is 0 Å². The highest BCUT2D eigenvalue weighted by Gasteiger charge is 2.13. The van der Waals surface area contributed by atoms with E-state index in [1.807, 2.05) is 24.3 Å². The Balaban J connectivity index is 1.26. The summed E-state index contributed by atoms with van der Waals surface area (Å²) in [6.07, 6.45) is 0. The van der Waals surface area contributed by atoms with Crippen molar-refractivity contribution >= 4 is 45.8 Å². The molecule has 2 heterocycles. The van der Waals surface area contributed by atoms with E-state index in [9.17, 15) is 9.59 Å². The third kappa shape index (κ3) is 6.44. The van der Waals surface area contributed by atoms with Crippen LogP contribution in [-0.4, -0.2) is 69.8 Å². The first kappa shape index (κ1) is 27.6. The standard InChI is InChI=1S/C28H30N12O2/c29-27(30)35-11-9-33-25(41)17-5-7-19-21(13-17)39-23(37-19)15-1-2-16(4-3-15)24-38-20-8-6-18(14-22(20)40-24)26(42)34-10-12-36-28(31)32/h1-8,13-14H,9-12H2,(H,33,41)(H,34,42)(H,37,39)(H,38,40)(H4,29,30,35)(H4,31,32,36). The summed E-state index contributed by atoms with van der Waals surface area (Å²) in [6.45, 7) is 1.39. The Morgan fingerprint density at radius 2 is 1.00 bits per heavy atom. The number of fused-ring (bicyclic) bond motifs is 2. The summed E-state index contributed by atoms with van der Waals surface area (Å²) < 4.78 is 0. The van der Waals surface area contributed by atoms with Gasteiger partial charge < -0.3 is 42.7 Å². The van der Waals surface area contributed by atoms with Gasteiger partial charge in [0.15, 0.2) is 11.9 Å². The molecule has 0 radical (unpaired) electrons. The first-order valence-corrected chi connectivity index (χ1v) is 13.1. The van der Waals surface area contributed by atoms with Gasteiger partial charge in [-0.05, 0) is 36.4 Å². The van der Waals surface area contributed by atoms with Gasteiger partial charge in [0, 0.05) is 48.4 Å². The highest BCUT2D eigenvalue weighted by atomic mass is 16.2. The summed E-state index contributed by atoms with van der Waals surface area (Å²) in [7, 11) is 0. The minimum Gasteiger partial charge on any atom is -0.370 e. The molecule has 2 aromatic heterocycles. The Morgan fingerprint density at radius 1 is 0.619 bits per heavy atom. The van der Waals surface area contributed by atoms with E-state index in [1.54, 1.807) is 36.4 Å². The molecule has 14 nitrogen and oxygen atoms in total. The van der Waals surface area contributed by atoms with Gasteiger partial charge >= 0.3 is 0 Å². The minimum absolute atomic E-state index is 0.144. The van der Waals surface area contributed by atoms with E-state index in [0.717, 1.165) is 33.2 Å². The normalized spacial score (nSPS) is 10.9. The van der Waals surface area contributed by atoms with E-state index in [2.05, 4.69) is 41.2 Å². The van der Waals surface area contributed by atoms with Crippen LogP contribution in [-0.2, 0) is 0 Å². The molecule has 2 amide bonds. The number of amides is 2. The summed E-state index contributed by atoms with van der Waals surface area (Å²) in [5.74, 6) is 0.576. The summed E-state index contributed by atoms with van der Waals surface area (Å²) >= 11 is 0. The molecule has 0 aliphatic heterocycles. The second-order valence-electron chi connectivity index (χ2n) is 9.40. The fourth-order valence-corrected chi connectivity index (χ4v) is 4.31. The molecule has 0 aliphatic carbocycles. The van der Waals surface area contributed by atoms with Crippen molar-refractivity contribution in [3.63, 3.8) is 0 Å².